The highest BCUT2D eigenvalue weighted by Gasteiger charge is 1.69. The molecule has 0 amide bonds. The molecule has 2 heteroatoms. The van der Waals surface area contributed by atoms with Crippen LogP contribution in [0, 0.1) is 0 Å². The van der Waals surface area contributed by atoms with Crippen LogP contribution in [0.4, 0.5) is 0 Å². The lowest BCUT2D eigenvalue weighted by Gasteiger charge is -1.77. The highest BCUT2D eigenvalue weighted by molar-refractivity contribution is 4.75. The van der Waals surface area contributed by atoms with Crippen LogP contribution in [0.15, 0.2) is 18.5 Å². The van der Waals surface area contributed by atoms with E-state index in [1.807, 2.05) is 33.2 Å². The number of aromatic nitrogens is 2. The van der Waals surface area contributed by atoms with Crippen molar-refractivity contribution in [3.05, 3.63) is 18.5 Å². The lowest BCUT2D eigenvalue weighted by Crippen LogP contribution is -1.83. The monoisotopic (exact) mass is 170 g/mol. The third-order valence-electron chi connectivity index (χ3n) is 1.14. The molecule has 0 radical (unpaired) electrons. The van der Waals surface area contributed by atoms with Crippen molar-refractivity contribution < 1.29 is 0 Å². The van der Waals surface area contributed by atoms with E-state index in [2.05, 4.69) is 18.9 Å². The van der Waals surface area contributed by atoms with Crippen molar-refractivity contribution in [3.63, 3.8) is 0 Å². The van der Waals surface area contributed by atoms with E-state index in [0.29, 0.717) is 0 Å². The van der Waals surface area contributed by atoms with E-state index in [0.717, 1.165) is 0 Å². The van der Waals surface area contributed by atoms with Crippen LogP contribution in [0.2, 0.25) is 0 Å². The Balaban J connectivity index is 0. The van der Waals surface area contributed by atoms with Crippen LogP contribution in [0.25, 0.3) is 0 Å². The molecular formula is C10H22N2. The van der Waals surface area contributed by atoms with Gasteiger partial charge in [-0.2, -0.15) is 5.10 Å². The predicted molar refractivity (Wildman–Crippen MR) is 55.1 cm³/mol. The van der Waals surface area contributed by atoms with Crippen molar-refractivity contribution in [2.24, 2.45) is 7.05 Å². The normalized spacial score (nSPS) is 7.42. The van der Waals surface area contributed by atoms with Crippen LogP contribution in [-0.2, 0) is 7.05 Å². The Bertz CT molecular complexity index is 132. The Kier molecular flexibility index (Phi) is 14.8. The van der Waals surface area contributed by atoms with Gasteiger partial charge < -0.3 is 0 Å². The van der Waals surface area contributed by atoms with Crippen LogP contribution in [-0.4, -0.2) is 9.78 Å². The summed E-state index contributed by atoms with van der Waals surface area (Å²) in [5.74, 6) is 0. The second-order valence-electron chi connectivity index (χ2n) is 2.18. The summed E-state index contributed by atoms with van der Waals surface area (Å²) in [6.07, 6.45) is 6.28. The van der Waals surface area contributed by atoms with Gasteiger partial charge in [0.15, 0.2) is 0 Å². The minimum absolute atomic E-state index is 1.32. The summed E-state index contributed by atoms with van der Waals surface area (Å²) in [5.41, 5.74) is 0. The molecule has 0 spiro atoms. The molecule has 2 nitrogen and oxygen atoms in total. The predicted octanol–water partition coefficient (Wildman–Crippen LogP) is 3.25. The first-order chi connectivity index (χ1) is 5.81. The zero-order chi connectivity index (χ0) is 9.82. The van der Waals surface area contributed by atoms with E-state index in [-0.39, 0.29) is 0 Å². The quantitative estimate of drug-likeness (QED) is 0.632. The first-order valence-electron chi connectivity index (χ1n) is 4.74. The molecule has 0 aromatic carbocycles. The molecule has 1 aromatic heterocycles. The molecular weight excluding hydrogens is 148 g/mol. The lowest BCUT2D eigenvalue weighted by atomic mass is 10.4. The van der Waals surface area contributed by atoms with Crippen LogP contribution in [0.5, 0.6) is 0 Å². The summed E-state index contributed by atoms with van der Waals surface area (Å²) < 4.78 is 1.75. The zero-order valence-electron chi connectivity index (χ0n) is 9.04. The minimum atomic E-state index is 1.32. The average molecular weight is 170 g/mol. The minimum Gasteiger partial charge on any atom is -0.276 e. The van der Waals surface area contributed by atoms with Crippen LogP contribution >= 0.6 is 0 Å². The molecule has 72 valence electrons. The number of rotatable bonds is 1. The van der Waals surface area contributed by atoms with E-state index in [9.17, 15) is 0 Å². The van der Waals surface area contributed by atoms with E-state index in [4.69, 9.17) is 0 Å². The average Bonchev–Trinajstić information content (AvgIpc) is 2.60. The van der Waals surface area contributed by atoms with E-state index >= 15 is 0 Å². The number of hydrogen-bond donors (Lipinski definition) is 0. The van der Waals surface area contributed by atoms with Crippen molar-refractivity contribution in [1.82, 2.24) is 9.78 Å². The molecule has 1 aromatic rings. The molecule has 0 aliphatic rings. The van der Waals surface area contributed by atoms with Crippen molar-refractivity contribution in [1.29, 1.82) is 0 Å². The van der Waals surface area contributed by atoms with Crippen LogP contribution in [0.3, 0.4) is 0 Å². The maximum absolute atomic E-state index is 3.83. The molecule has 0 saturated heterocycles. The molecule has 0 fully saturated rings. The SMILES string of the molecule is CC.CCCC.Cn1cccn1. The summed E-state index contributed by atoms with van der Waals surface area (Å²) in [7, 11) is 1.89. The van der Waals surface area contributed by atoms with E-state index in [1.165, 1.54) is 12.8 Å². The first kappa shape index (κ1) is 13.8. The van der Waals surface area contributed by atoms with Crippen LogP contribution < -0.4 is 0 Å². The van der Waals surface area contributed by atoms with Gasteiger partial charge in [0.2, 0.25) is 0 Å². The third kappa shape index (κ3) is 11.9. The number of aryl methyl sites for hydroxylation is 1. The first-order valence-corrected chi connectivity index (χ1v) is 4.74. The van der Waals surface area contributed by atoms with Crippen molar-refractivity contribution in [3.8, 4) is 0 Å². The highest BCUT2D eigenvalue weighted by Crippen LogP contribution is 1.76. The summed E-state index contributed by atoms with van der Waals surface area (Å²) in [4.78, 5) is 0. The molecule has 0 aliphatic carbocycles. The summed E-state index contributed by atoms with van der Waals surface area (Å²) in [5, 5.41) is 3.83. The summed E-state index contributed by atoms with van der Waals surface area (Å²) in [6.45, 7) is 8.36. The zero-order valence-corrected chi connectivity index (χ0v) is 9.04. The Morgan fingerprint density at radius 1 is 1.17 bits per heavy atom. The third-order valence-corrected chi connectivity index (χ3v) is 1.14. The fraction of sp³-hybridized carbons (Fsp3) is 0.700. The van der Waals surface area contributed by atoms with Crippen molar-refractivity contribution in [2.75, 3.05) is 0 Å². The van der Waals surface area contributed by atoms with Gasteiger partial charge in [-0.25, -0.2) is 0 Å². The summed E-state index contributed by atoms with van der Waals surface area (Å²) >= 11 is 0. The van der Waals surface area contributed by atoms with Gasteiger partial charge in [-0.15, -0.1) is 0 Å². The summed E-state index contributed by atoms with van der Waals surface area (Å²) in [6, 6.07) is 1.89. The van der Waals surface area contributed by atoms with Gasteiger partial charge in [-0.3, -0.25) is 4.68 Å². The molecule has 0 unspecified atom stereocenters. The second-order valence-corrected chi connectivity index (χ2v) is 2.18. The number of hydrogen-bond acceptors (Lipinski definition) is 1. The van der Waals surface area contributed by atoms with Gasteiger partial charge >= 0.3 is 0 Å². The van der Waals surface area contributed by atoms with Crippen molar-refractivity contribution >= 4 is 0 Å². The van der Waals surface area contributed by atoms with Gasteiger partial charge in [0.25, 0.3) is 0 Å². The fourth-order valence-corrected chi connectivity index (χ4v) is 0.345. The maximum atomic E-state index is 3.83. The van der Waals surface area contributed by atoms with E-state index in [1.54, 1.807) is 10.9 Å². The molecule has 1 heterocycles. The van der Waals surface area contributed by atoms with E-state index < -0.39 is 0 Å². The van der Waals surface area contributed by atoms with Gasteiger partial charge in [0, 0.05) is 19.4 Å². The second kappa shape index (κ2) is 12.8. The molecule has 12 heavy (non-hydrogen) atoms. The Morgan fingerprint density at radius 3 is 1.75 bits per heavy atom. The topological polar surface area (TPSA) is 17.8 Å². The van der Waals surface area contributed by atoms with Gasteiger partial charge in [0.1, 0.15) is 0 Å². The Labute approximate surface area is 76.6 Å². The molecule has 0 bridgehead atoms. The molecule has 0 N–H and O–H groups in total. The number of nitrogens with zero attached hydrogens (tertiary/aromatic N) is 2. The molecule has 0 aliphatic heterocycles. The van der Waals surface area contributed by atoms with Gasteiger partial charge in [-0.1, -0.05) is 40.5 Å². The Hall–Kier alpha value is -0.790. The lowest BCUT2D eigenvalue weighted by molar-refractivity contribution is 0.768. The Morgan fingerprint density at radius 2 is 1.67 bits per heavy atom. The molecule has 0 saturated carbocycles. The van der Waals surface area contributed by atoms with Gasteiger partial charge in [-0.05, 0) is 6.07 Å². The van der Waals surface area contributed by atoms with Gasteiger partial charge in [0.05, 0.1) is 0 Å². The standard InChI is InChI=1S/C4H6N2.C4H10.C2H6/c1-6-4-2-3-5-6;1-3-4-2;1-2/h2-4H,1H3;3-4H2,1-2H3;1-2H3. The molecule has 0 atom stereocenters. The fourth-order valence-electron chi connectivity index (χ4n) is 0.345. The smallest absolute Gasteiger partial charge is 0.0489 e. The maximum Gasteiger partial charge on any atom is 0.0489 e. The number of unbranched alkanes of at least 4 members (excludes halogenated alkanes) is 1. The molecule has 1 rings (SSSR count). The largest absolute Gasteiger partial charge is 0.276 e. The van der Waals surface area contributed by atoms with Crippen LogP contribution in [0.1, 0.15) is 40.5 Å². The highest BCUT2D eigenvalue weighted by atomic mass is 15.2. The van der Waals surface area contributed by atoms with Crippen molar-refractivity contribution in [2.45, 2.75) is 40.5 Å².